The van der Waals surface area contributed by atoms with Gasteiger partial charge in [-0.05, 0) is 32.1 Å². The molecule has 0 spiro atoms. The number of aliphatic hydroxyl groups is 1. The topological polar surface area (TPSA) is 105 Å². The van der Waals surface area contributed by atoms with Crippen LogP contribution in [0.5, 0.6) is 0 Å². The molecule has 0 radical (unpaired) electrons. The quantitative estimate of drug-likeness (QED) is 0.0243. The van der Waals surface area contributed by atoms with E-state index in [9.17, 15) is 19.4 Å². The fourth-order valence-corrected chi connectivity index (χ4v) is 10.3. The van der Waals surface area contributed by atoms with Crippen LogP contribution in [0, 0.1) is 0 Å². The minimum Gasteiger partial charge on any atom is -0.387 e. The first kappa shape index (κ1) is 70.0. The van der Waals surface area contributed by atoms with E-state index >= 15 is 0 Å². The molecule has 8 nitrogen and oxygen atoms in total. The van der Waals surface area contributed by atoms with E-state index in [2.05, 4.69) is 31.3 Å². The van der Waals surface area contributed by atoms with E-state index in [0.717, 1.165) is 38.5 Å². The normalized spacial score (nSPS) is 14.0. The third-order valence-corrected chi connectivity index (χ3v) is 15.4. The molecule has 0 aromatic heterocycles. The van der Waals surface area contributed by atoms with Crippen LogP contribution in [-0.2, 0) is 18.4 Å². The molecule has 0 aliphatic carbocycles. The van der Waals surface area contributed by atoms with E-state index in [4.69, 9.17) is 9.05 Å². The lowest BCUT2D eigenvalue weighted by molar-refractivity contribution is -0.870. The maximum absolute atomic E-state index is 12.9. The van der Waals surface area contributed by atoms with E-state index in [-0.39, 0.29) is 19.1 Å². The van der Waals surface area contributed by atoms with E-state index < -0.39 is 20.0 Å². The number of quaternary nitrogens is 1. The first-order chi connectivity index (χ1) is 34.5. The third kappa shape index (κ3) is 56.5. The molecule has 0 aliphatic rings. The van der Waals surface area contributed by atoms with Gasteiger partial charge in [0, 0.05) is 6.42 Å². The smallest absolute Gasteiger partial charge is 0.387 e. The van der Waals surface area contributed by atoms with Crippen molar-refractivity contribution in [2.24, 2.45) is 0 Å². The van der Waals surface area contributed by atoms with Gasteiger partial charge in [-0.25, -0.2) is 4.57 Å². The molecule has 422 valence electrons. The van der Waals surface area contributed by atoms with Crippen molar-refractivity contribution in [1.29, 1.82) is 0 Å². The average Bonchev–Trinajstić information content (AvgIpc) is 3.33. The highest BCUT2D eigenvalue weighted by Gasteiger charge is 2.27. The fraction of sp³-hybridized carbons (Fsp3) is 0.919. The molecule has 0 bridgehead atoms. The molecule has 0 saturated carbocycles. The molecular formula is C62H124N2O6P+. The number of nitrogens with one attached hydrogen (secondary N) is 1. The first-order valence-corrected chi connectivity index (χ1v) is 32.7. The number of carbonyl (C=O) groups excluding carboxylic acids is 1. The number of amides is 1. The van der Waals surface area contributed by atoms with Gasteiger partial charge in [0.15, 0.2) is 0 Å². The molecular weight excluding hydrogens is 900 g/mol. The Kier molecular flexibility index (Phi) is 53.0. The second-order valence-electron chi connectivity index (χ2n) is 22.8. The molecule has 0 aromatic carbocycles. The van der Waals surface area contributed by atoms with Crippen molar-refractivity contribution in [3.8, 4) is 0 Å². The van der Waals surface area contributed by atoms with Crippen LogP contribution in [0.1, 0.15) is 316 Å². The highest BCUT2D eigenvalue weighted by atomic mass is 31.2. The monoisotopic (exact) mass is 1020 g/mol. The average molecular weight is 1020 g/mol. The van der Waals surface area contributed by atoms with Gasteiger partial charge < -0.3 is 19.8 Å². The fourth-order valence-electron chi connectivity index (χ4n) is 9.53. The molecule has 0 rings (SSSR count). The molecule has 0 saturated heterocycles. The Morgan fingerprint density at radius 2 is 0.775 bits per heavy atom. The summed E-state index contributed by atoms with van der Waals surface area (Å²) in [6.45, 7) is 4.80. The van der Waals surface area contributed by atoms with Gasteiger partial charge in [0.2, 0.25) is 5.91 Å². The maximum atomic E-state index is 12.9. The van der Waals surface area contributed by atoms with Crippen LogP contribution in [0.2, 0.25) is 0 Å². The molecule has 9 heteroatoms. The molecule has 0 heterocycles. The lowest BCUT2D eigenvalue weighted by Gasteiger charge is -2.25. The van der Waals surface area contributed by atoms with Crippen molar-refractivity contribution >= 4 is 13.7 Å². The number of phosphoric ester groups is 1. The Balaban J connectivity index is 3.82. The summed E-state index contributed by atoms with van der Waals surface area (Å²) >= 11 is 0. The Hall–Kier alpha value is -1.02. The maximum Gasteiger partial charge on any atom is 0.472 e. The number of allylic oxidation sites excluding steroid dienone is 3. The largest absolute Gasteiger partial charge is 0.472 e. The van der Waals surface area contributed by atoms with Crippen molar-refractivity contribution in [1.82, 2.24) is 5.32 Å². The van der Waals surface area contributed by atoms with Crippen LogP contribution >= 0.6 is 7.82 Å². The van der Waals surface area contributed by atoms with Crippen molar-refractivity contribution in [3.63, 3.8) is 0 Å². The Morgan fingerprint density at radius 3 is 1.13 bits per heavy atom. The number of hydrogen-bond acceptors (Lipinski definition) is 5. The number of aliphatic hydroxyl groups excluding tert-OH is 1. The minimum atomic E-state index is -4.35. The van der Waals surface area contributed by atoms with E-state index in [0.29, 0.717) is 17.4 Å². The number of nitrogens with zero attached hydrogens (tertiary/aromatic N) is 1. The number of rotatable bonds is 58. The van der Waals surface area contributed by atoms with Gasteiger partial charge in [-0.2, -0.15) is 0 Å². The van der Waals surface area contributed by atoms with Gasteiger partial charge in [-0.3, -0.25) is 13.8 Å². The lowest BCUT2D eigenvalue weighted by Crippen LogP contribution is -2.45. The van der Waals surface area contributed by atoms with Crippen LogP contribution in [0.3, 0.4) is 0 Å². The van der Waals surface area contributed by atoms with Crippen molar-refractivity contribution in [3.05, 3.63) is 24.3 Å². The van der Waals surface area contributed by atoms with Gasteiger partial charge in [-0.15, -0.1) is 0 Å². The zero-order valence-electron chi connectivity index (χ0n) is 48.2. The minimum absolute atomic E-state index is 0.0583. The van der Waals surface area contributed by atoms with Crippen LogP contribution in [0.4, 0.5) is 0 Å². The number of likely N-dealkylation sites (N-methyl/N-ethyl adjacent to an activating group) is 1. The van der Waals surface area contributed by atoms with E-state index in [1.807, 2.05) is 27.2 Å². The zero-order valence-corrected chi connectivity index (χ0v) is 49.1. The molecule has 3 N–H and O–H groups in total. The van der Waals surface area contributed by atoms with Gasteiger partial charge >= 0.3 is 7.82 Å². The van der Waals surface area contributed by atoms with Crippen molar-refractivity contribution in [2.75, 3.05) is 40.9 Å². The van der Waals surface area contributed by atoms with Crippen molar-refractivity contribution < 1.29 is 32.9 Å². The first-order valence-electron chi connectivity index (χ1n) is 31.2. The third-order valence-electron chi connectivity index (χ3n) is 14.4. The number of carbonyl (C=O) groups is 1. The molecule has 71 heavy (non-hydrogen) atoms. The molecule has 0 fully saturated rings. The van der Waals surface area contributed by atoms with Crippen LogP contribution in [0.15, 0.2) is 24.3 Å². The summed E-state index contributed by atoms with van der Waals surface area (Å²) in [6.07, 6.45) is 69.1. The second-order valence-corrected chi connectivity index (χ2v) is 24.2. The predicted octanol–water partition coefficient (Wildman–Crippen LogP) is 19.2. The summed E-state index contributed by atoms with van der Waals surface area (Å²) in [6, 6.07) is -0.859. The Bertz CT molecular complexity index is 1210. The van der Waals surface area contributed by atoms with E-state index in [1.165, 1.54) is 257 Å². The number of unbranched alkanes of at least 4 members (excludes halogenated alkanes) is 43. The molecule has 0 aliphatic heterocycles. The van der Waals surface area contributed by atoms with Crippen LogP contribution in [-0.4, -0.2) is 73.4 Å². The summed E-state index contributed by atoms with van der Waals surface area (Å²) in [5.41, 5.74) is 0. The Labute approximate surface area is 443 Å². The van der Waals surface area contributed by atoms with Gasteiger partial charge in [0.05, 0.1) is 39.9 Å². The molecule has 0 aromatic rings. The highest BCUT2D eigenvalue weighted by Crippen LogP contribution is 2.43. The molecule has 1 amide bonds. The van der Waals surface area contributed by atoms with Crippen molar-refractivity contribution in [2.45, 2.75) is 328 Å². The summed E-state index contributed by atoms with van der Waals surface area (Å²) in [4.78, 5) is 23.2. The van der Waals surface area contributed by atoms with E-state index in [1.54, 1.807) is 6.08 Å². The number of hydrogen-bond donors (Lipinski definition) is 3. The lowest BCUT2D eigenvalue weighted by atomic mass is 10.0. The second kappa shape index (κ2) is 53.8. The summed E-state index contributed by atoms with van der Waals surface area (Å²) in [7, 11) is 1.57. The zero-order chi connectivity index (χ0) is 52.0. The van der Waals surface area contributed by atoms with Crippen LogP contribution < -0.4 is 5.32 Å². The highest BCUT2D eigenvalue weighted by molar-refractivity contribution is 7.47. The number of phosphoric acid groups is 1. The predicted molar refractivity (Wildman–Crippen MR) is 309 cm³/mol. The molecule has 3 atom stereocenters. The SMILES string of the molecule is CCCCCCC/C=C/CC/C=C/C(O)C(COP(=O)(O)OCC[N+](C)(C)C)NC(=O)CCCCCCCCCCCCCCCCCCCCCCCCCCCCCCCCCCCCCCCC. The van der Waals surface area contributed by atoms with Crippen LogP contribution in [0.25, 0.3) is 0 Å². The Morgan fingerprint density at radius 1 is 0.465 bits per heavy atom. The van der Waals surface area contributed by atoms with Gasteiger partial charge in [0.25, 0.3) is 0 Å². The summed E-state index contributed by atoms with van der Waals surface area (Å²) in [5.74, 6) is -0.182. The van der Waals surface area contributed by atoms with Gasteiger partial charge in [-0.1, -0.05) is 301 Å². The summed E-state index contributed by atoms with van der Waals surface area (Å²) in [5, 5.41) is 13.8. The standard InChI is InChI=1S/C62H123N2O6P/c1-6-8-10-12-14-16-18-19-20-21-22-23-24-25-26-27-28-29-30-31-32-33-34-35-36-37-38-39-40-41-42-43-44-46-48-50-52-54-56-62(66)63-60(59-70-71(67,68)69-58-57-64(3,4)5)61(65)55-53-51-49-47-45-17-15-13-11-9-7-2/h45,47,53,55,60-61,65H,6-44,46,48-52,54,56-59H2,1-5H3,(H-,63,66,67,68)/p+1/b47-45+,55-53+. The van der Waals surface area contributed by atoms with Gasteiger partial charge in [0.1, 0.15) is 13.2 Å². The molecule has 3 unspecified atom stereocenters. The summed E-state index contributed by atoms with van der Waals surface area (Å²) < 4.78 is 23.6.